The van der Waals surface area contributed by atoms with Crippen LogP contribution in [0.25, 0.3) is 21.9 Å². The highest BCUT2D eigenvalue weighted by atomic mass is 16.5. The molecular formula is C23H24O6. The molecule has 1 aromatic heterocycles. The topological polar surface area (TPSA) is 100 Å². The summed E-state index contributed by atoms with van der Waals surface area (Å²) in [5.74, 6) is -0.687. The van der Waals surface area contributed by atoms with Crippen molar-refractivity contribution in [1.29, 1.82) is 0 Å². The van der Waals surface area contributed by atoms with Gasteiger partial charge in [-0.2, -0.15) is 0 Å². The third-order valence-electron chi connectivity index (χ3n) is 4.53. The van der Waals surface area contributed by atoms with Crippen LogP contribution in [0.5, 0.6) is 23.0 Å². The third-order valence-corrected chi connectivity index (χ3v) is 4.53. The lowest BCUT2D eigenvalue weighted by molar-refractivity contribution is 0.355. The summed E-state index contributed by atoms with van der Waals surface area (Å²) in [5, 5.41) is 30.2. The number of benzene rings is 2. The molecule has 0 amide bonds. The third kappa shape index (κ3) is 4.06. The largest absolute Gasteiger partial charge is 0.507 e. The molecular weight excluding hydrogens is 372 g/mol. The van der Waals surface area contributed by atoms with E-state index >= 15 is 0 Å². The average molecular weight is 396 g/mol. The fourth-order valence-electron chi connectivity index (χ4n) is 2.99. The molecule has 0 atom stereocenters. The fourth-order valence-corrected chi connectivity index (χ4v) is 2.99. The lowest BCUT2D eigenvalue weighted by atomic mass is 10.0. The highest BCUT2D eigenvalue weighted by Gasteiger charge is 2.20. The van der Waals surface area contributed by atoms with Crippen LogP contribution < -0.4 is 10.2 Å². The summed E-state index contributed by atoms with van der Waals surface area (Å²) in [5.41, 5.74) is 2.59. The van der Waals surface area contributed by atoms with E-state index in [2.05, 4.69) is 0 Å². The number of rotatable bonds is 5. The molecule has 3 aromatic rings. The van der Waals surface area contributed by atoms with Crippen LogP contribution in [0.2, 0.25) is 0 Å². The Labute approximate surface area is 168 Å². The Morgan fingerprint density at radius 1 is 0.966 bits per heavy atom. The number of hydrogen-bond donors (Lipinski definition) is 3. The van der Waals surface area contributed by atoms with Crippen LogP contribution in [-0.4, -0.2) is 21.9 Å². The first kappa shape index (κ1) is 20.3. The SMILES string of the molecule is CC(C)=CCOc1cc(O)c2c(=O)c3cc(O)c(O)cc3oc2c1CC=C(C)C. The molecule has 0 aliphatic heterocycles. The number of ether oxygens (including phenoxy) is 1. The number of hydrogen-bond acceptors (Lipinski definition) is 6. The lowest BCUT2D eigenvalue weighted by Crippen LogP contribution is -2.06. The first-order valence-electron chi connectivity index (χ1n) is 9.26. The molecule has 6 nitrogen and oxygen atoms in total. The molecule has 0 radical (unpaired) electrons. The molecule has 0 saturated heterocycles. The van der Waals surface area contributed by atoms with Crippen LogP contribution >= 0.6 is 0 Å². The molecule has 0 bridgehead atoms. The van der Waals surface area contributed by atoms with E-state index in [1.165, 1.54) is 12.1 Å². The molecule has 0 unspecified atom stereocenters. The van der Waals surface area contributed by atoms with E-state index in [1.807, 2.05) is 39.8 Å². The van der Waals surface area contributed by atoms with Crippen molar-refractivity contribution in [2.45, 2.75) is 34.1 Å². The number of allylic oxidation sites excluding steroid dienone is 3. The Morgan fingerprint density at radius 3 is 2.28 bits per heavy atom. The van der Waals surface area contributed by atoms with Crippen molar-refractivity contribution in [2.24, 2.45) is 0 Å². The van der Waals surface area contributed by atoms with Crippen LogP contribution in [0.3, 0.4) is 0 Å². The van der Waals surface area contributed by atoms with Gasteiger partial charge in [0.15, 0.2) is 11.5 Å². The monoisotopic (exact) mass is 396 g/mol. The second-order valence-electron chi connectivity index (χ2n) is 7.42. The van der Waals surface area contributed by atoms with Crippen molar-refractivity contribution in [2.75, 3.05) is 6.61 Å². The van der Waals surface area contributed by atoms with Crippen molar-refractivity contribution < 1.29 is 24.5 Å². The highest BCUT2D eigenvalue weighted by molar-refractivity contribution is 5.96. The lowest BCUT2D eigenvalue weighted by Gasteiger charge is -2.14. The van der Waals surface area contributed by atoms with E-state index in [-0.39, 0.29) is 27.7 Å². The predicted octanol–water partition coefficient (Wildman–Crippen LogP) is 4.92. The number of phenolic OH excluding ortho intramolecular Hbond substituents is 3. The second kappa shape index (κ2) is 7.91. The Hall–Kier alpha value is -3.41. The van der Waals surface area contributed by atoms with Gasteiger partial charge in [0, 0.05) is 17.7 Å². The average Bonchev–Trinajstić information content (AvgIpc) is 2.62. The zero-order valence-electron chi connectivity index (χ0n) is 16.9. The van der Waals surface area contributed by atoms with Gasteiger partial charge in [-0.05, 0) is 46.3 Å². The molecule has 3 N–H and O–H groups in total. The van der Waals surface area contributed by atoms with Gasteiger partial charge < -0.3 is 24.5 Å². The van der Waals surface area contributed by atoms with Gasteiger partial charge in [-0.15, -0.1) is 0 Å². The summed E-state index contributed by atoms with van der Waals surface area (Å²) in [4.78, 5) is 13.0. The maximum Gasteiger partial charge on any atom is 0.204 e. The minimum atomic E-state index is -0.497. The molecule has 29 heavy (non-hydrogen) atoms. The number of phenols is 3. The Kier molecular flexibility index (Phi) is 5.55. The summed E-state index contributed by atoms with van der Waals surface area (Å²) in [6.07, 6.45) is 4.31. The van der Waals surface area contributed by atoms with Gasteiger partial charge in [-0.3, -0.25) is 4.79 Å². The van der Waals surface area contributed by atoms with Crippen LogP contribution in [0.15, 0.2) is 50.7 Å². The molecule has 0 aliphatic carbocycles. The maximum atomic E-state index is 13.0. The summed E-state index contributed by atoms with van der Waals surface area (Å²) in [6.45, 7) is 8.13. The van der Waals surface area contributed by atoms with Crippen molar-refractivity contribution in [3.63, 3.8) is 0 Å². The molecule has 152 valence electrons. The Bertz CT molecular complexity index is 1210. The van der Waals surface area contributed by atoms with Gasteiger partial charge in [-0.25, -0.2) is 0 Å². The first-order valence-corrected chi connectivity index (χ1v) is 9.26. The zero-order valence-corrected chi connectivity index (χ0v) is 16.9. The van der Waals surface area contributed by atoms with Gasteiger partial charge in [-0.1, -0.05) is 17.2 Å². The van der Waals surface area contributed by atoms with E-state index in [0.29, 0.717) is 24.3 Å². The minimum Gasteiger partial charge on any atom is -0.507 e. The van der Waals surface area contributed by atoms with Gasteiger partial charge in [0.2, 0.25) is 5.43 Å². The predicted molar refractivity (Wildman–Crippen MR) is 113 cm³/mol. The van der Waals surface area contributed by atoms with Crippen molar-refractivity contribution in [3.05, 3.63) is 57.3 Å². The summed E-state index contributed by atoms with van der Waals surface area (Å²) in [6, 6.07) is 3.73. The van der Waals surface area contributed by atoms with Crippen molar-refractivity contribution >= 4 is 21.9 Å². The maximum absolute atomic E-state index is 13.0. The smallest absolute Gasteiger partial charge is 0.204 e. The molecule has 2 aromatic carbocycles. The van der Waals surface area contributed by atoms with Crippen LogP contribution in [0.4, 0.5) is 0 Å². The molecule has 0 saturated carbocycles. The summed E-state index contributed by atoms with van der Waals surface area (Å²) >= 11 is 0. The van der Waals surface area contributed by atoms with E-state index in [9.17, 15) is 20.1 Å². The van der Waals surface area contributed by atoms with Crippen LogP contribution in [0, 0.1) is 0 Å². The van der Waals surface area contributed by atoms with Crippen LogP contribution in [-0.2, 0) is 6.42 Å². The van der Waals surface area contributed by atoms with Crippen LogP contribution in [0.1, 0.15) is 33.3 Å². The molecule has 3 rings (SSSR count). The summed E-state index contributed by atoms with van der Waals surface area (Å²) in [7, 11) is 0. The van der Waals surface area contributed by atoms with Gasteiger partial charge in [0.1, 0.15) is 34.7 Å². The van der Waals surface area contributed by atoms with Crippen molar-refractivity contribution in [1.82, 2.24) is 0 Å². The highest BCUT2D eigenvalue weighted by Crippen LogP contribution is 2.38. The molecule has 6 heteroatoms. The Balaban J connectivity index is 2.34. The fraction of sp³-hybridized carbons (Fsp3) is 0.261. The standard InChI is InChI=1S/C23H24O6/c1-12(2)5-6-14-19(28-8-7-13(3)4)11-18(26)21-22(27)15-9-16(24)17(25)10-20(15)29-23(14)21/h5,7,9-11,24-26H,6,8H2,1-4H3. The van der Waals surface area contributed by atoms with Crippen molar-refractivity contribution in [3.8, 4) is 23.0 Å². The zero-order chi connectivity index (χ0) is 21.3. The normalized spacial score (nSPS) is 10.9. The molecule has 0 fully saturated rings. The number of aromatic hydroxyl groups is 3. The van der Waals surface area contributed by atoms with E-state index in [4.69, 9.17) is 9.15 Å². The van der Waals surface area contributed by atoms with Gasteiger partial charge in [0.05, 0.1) is 5.39 Å². The molecule has 1 heterocycles. The van der Waals surface area contributed by atoms with E-state index in [1.54, 1.807) is 0 Å². The second-order valence-corrected chi connectivity index (χ2v) is 7.42. The van der Waals surface area contributed by atoms with E-state index < -0.39 is 16.9 Å². The Morgan fingerprint density at radius 2 is 1.62 bits per heavy atom. The molecule has 0 aliphatic rings. The van der Waals surface area contributed by atoms with E-state index in [0.717, 1.165) is 17.2 Å². The first-order chi connectivity index (χ1) is 13.7. The van der Waals surface area contributed by atoms with Gasteiger partial charge >= 0.3 is 0 Å². The summed E-state index contributed by atoms with van der Waals surface area (Å²) < 4.78 is 11.8. The quantitative estimate of drug-likeness (QED) is 0.322. The van der Waals surface area contributed by atoms with Gasteiger partial charge in [0.25, 0.3) is 0 Å². The minimum absolute atomic E-state index is 0.00862. The number of fused-ring (bicyclic) bond motifs is 2. The molecule has 0 spiro atoms.